The molecule has 2 aromatic carbocycles. The van der Waals surface area contributed by atoms with Gasteiger partial charge in [-0.1, -0.05) is 54.1 Å². The van der Waals surface area contributed by atoms with E-state index in [1.807, 2.05) is 30.3 Å². The first-order valence-corrected chi connectivity index (χ1v) is 9.91. The van der Waals surface area contributed by atoms with E-state index in [1.165, 1.54) is 0 Å². The number of nitrogens with one attached hydrogen (secondary N) is 1. The van der Waals surface area contributed by atoms with Crippen LogP contribution in [0.25, 0.3) is 0 Å². The zero-order valence-corrected chi connectivity index (χ0v) is 14.9. The first-order valence-electron chi connectivity index (χ1n) is 7.88. The first kappa shape index (κ1) is 18.9. The fourth-order valence-corrected chi connectivity index (χ4v) is 3.89. The lowest BCUT2D eigenvalue weighted by molar-refractivity contribution is 0.273. The maximum atomic E-state index is 12.2. The van der Waals surface area contributed by atoms with Gasteiger partial charge < -0.3 is 5.11 Å². The van der Waals surface area contributed by atoms with Gasteiger partial charge in [0.25, 0.3) is 0 Å². The van der Waals surface area contributed by atoms with Crippen LogP contribution in [0.3, 0.4) is 0 Å². The smallest absolute Gasteiger partial charge is 0.215 e. The van der Waals surface area contributed by atoms with Crippen LogP contribution < -0.4 is 4.72 Å². The molecule has 2 N–H and O–H groups in total. The van der Waals surface area contributed by atoms with Gasteiger partial charge in [-0.15, -0.1) is 0 Å². The zero-order valence-electron chi connectivity index (χ0n) is 13.4. The molecule has 0 aliphatic heterocycles. The van der Waals surface area contributed by atoms with Gasteiger partial charge in [0.05, 0.1) is 5.75 Å². The van der Waals surface area contributed by atoms with Crippen molar-refractivity contribution in [3.05, 3.63) is 70.7 Å². The molecule has 2 rings (SSSR count). The molecule has 0 amide bonds. The summed E-state index contributed by atoms with van der Waals surface area (Å²) in [6.07, 6.45) is 1.26. The molecule has 0 spiro atoms. The van der Waals surface area contributed by atoms with E-state index >= 15 is 0 Å². The summed E-state index contributed by atoms with van der Waals surface area (Å²) in [4.78, 5) is 0. The Morgan fingerprint density at radius 1 is 1.00 bits per heavy atom. The number of sulfonamides is 1. The largest absolute Gasteiger partial charge is 0.396 e. The van der Waals surface area contributed by atoms with Gasteiger partial charge >= 0.3 is 0 Å². The average molecular weight is 368 g/mol. The molecule has 0 fully saturated rings. The second-order valence-corrected chi connectivity index (χ2v) is 7.93. The molecule has 0 heterocycles. The predicted octanol–water partition coefficient (Wildman–Crippen LogP) is 3.32. The zero-order chi connectivity index (χ0) is 17.4. The topological polar surface area (TPSA) is 66.4 Å². The summed E-state index contributed by atoms with van der Waals surface area (Å²) in [6, 6.07) is 16.6. The lowest BCUT2D eigenvalue weighted by Crippen LogP contribution is -2.27. The maximum Gasteiger partial charge on any atom is 0.215 e. The van der Waals surface area contributed by atoms with Crippen molar-refractivity contribution >= 4 is 21.6 Å². The molecule has 130 valence electrons. The van der Waals surface area contributed by atoms with Crippen LogP contribution >= 0.6 is 11.6 Å². The summed E-state index contributed by atoms with van der Waals surface area (Å²) in [6.45, 7) is 0.423. The molecule has 24 heavy (non-hydrogen) atoms. The standard InChI is InChI=1S/C18H22ClNO3S/c19-18-8-6-15(7-9-18)14-24(22,23)20-12-10-17(11-13-21)16-4-2-1-3-5-16/h1-9,17,20-21H,10-14H2. The van der Waals surface area contributed by atoms with Crippen molar-refractivity contribution in [2.45, 2.75) is 24.5 Å². The molecule has 0 aromatic heterocycles. The lowest BCUT2D eigenvalue weighted by atomic mass is 9.93. The van der Waals surface area contributed by atoms with Gasteiger partial charge in [-0.25, -0.2) is 13.1 Å². The molecule has 2 aromatic rings. The number of benzene rings is 2. The van der Waals surface area contributed by atoms with Gasteiger partial charge in [0.1, 0.15) is 0 Å². The van der Waals surface area contributed by atoms with Crippen LogP contribution in [0.5, 0.6) is 0 Å². The minimum absolute atomic E-state index is 0.0693. The van der Waals surface area contributed by atoms with Crippen LogP contribution in [0, 0.1) is 0 Å². The maximum absolute atomic E-state index is 12.2. The molecule has 0 radical (unpaired) electrons. The molecule has 0 bridgehead atoms. The van der Waals surface area contributed by atoms with Gasteiger partial charge in [-0.05, 0) is 42.0 Å². The minimum Gasteiger partial charge on any atom is -0.396 e. The van der Waals surface area contributed by atoms with Crippen molar-refractivity contribution in [2.24, 2.45) is 0 Å². The van der Waals surface area contributed by atoms with Crippen molar-refractivity contribution < 1.29 is 13.5 Å². The van der Waals surface area contributed by atoms with Crippen molar-refractivity contribution in [1.29, 1.82) is 0 Å². The third-order valence-electron chi connectivity index (χ3n) is 3.83. The molecule has 1 atom stereocenters. The highest BCUT2D eigenvalue weighted by molar-refractivity contribution is 7.88. The van der Waals surface area contributed by atoms with Gasteiger partial charge in [0.2, 0.25) is 10.0 Å². The lowest BCUT2D eigenvalue weighted by Gasteiger charge is -2.16. The minimum atomic E-state index is -3.40. The fraction of sp³-hybridized carbons (Fsp3) is 0.333. The number of hydrogen-bond donors (Lipinski definition) is 2. The number of aliphatic hydroxyl groups is 1. The monoisotopic (exact) mass is 367 g/mol. The molecule has 0 saturated carbocycles. The highest BCUT2D eigenvalue weighted by atomic mass is 35.5. The molecule has 0 aliphatic rings. The van der Waals surface area contributed by atoms with Crippen molar-refractivity contribution in [1.82, 2.24) is 4.72 Å². The average Bonchev–Trinajstić information content (AvgIpc) is 2.57. The Balaban J connectivity index is 1.89. The number of rotatable bonds is 9. The summed E-state index contributed by atoms with van der Waals surface area (Å²) in [7, 11) is -3.40. The molecule has 4 nitrogen and oxygen atoms in total. The van der Waals surface area contributed by atoms with Gasteiger partial charge in [0.15, 0.2) is 0 Å². The number of hydrogen-bond acceptors (Lipinski definition) is 3. The Kier molecular flexibility index (Phi) is 7.24. The van der Waals surface area contributed by atoms with Gasteiger partial charge in [0, 0.05) is 18.2 Å². The van der Waals surface area contributed by atoms with Crippen LogP contribution in [0.1, 0.15) is 29.9 Å². The van der Waals surface area contributed by atoms with Crippen molar-refractivity contribution in [3.8, 4) is 0 Å². The van der Waals surface area contributed by atoms with E-state index in [0.717, 1.165) is 5.56 Å². The second kappa shape index (κ2) is 9.18. The molecular weight excluding hydrogens is 346 g/mol. The molecule has 0 aliphatic carbocycles. The van der Waals surface area contributed by atoms with Crippen LogP contribution in [-0.2, 0) is 15.8 Å². The number of aliphatic hydroxyl groups excluding tert-OH is 1. The highest BCUT2D eigenvalue weighted by Gasteiger charge is 2.14. The van der Waals surface area contributed by atoms with Gasteiger partial charge in [-0.2, -0.15) is 0 Å². The van der Waals surface area contributed by atoms with Crippen molar-refractivity contribution in [3.63, 3.8) is 0 Å². The molecule has 6 heteroatoms. The number of halogens is 1. The van der Waals surface area contributed by atoms with E-state index < -0.39 is 10.0 Å². The van der Waals surface area contributed by atoms with E-state index in [4.69, 9.17) is 11.6 Å². The van der Waals surface area contributed by atoms with E-state index in [0.29, 0.717) is 30.0 Å². The summed E-state index contributed by atoms with van der Waals surface area (Å²) in [5.74, 6) is 0.0645. The highest BCUT2D eigenvalue weighted by Crippen LogP contribution is 2.22. The molecule has 0 saturated heterocycles. The Labute approximate surface area is 148 Å². The van der Waals surface area contributed by atoms with Crippen molar-refractivity contribution in [2.75, 3.05) is 13.2 Å². The second-order valence-electron chi connectivity index (χ2n) is 5.69. The fourth-order valence-electron chi connectivity index (χ4n) is 2.60. The Morgan fingerprint density at radius 2 is 1.67 bits per heavy atom. The SMILES string of the molecule is O=S(=O)(Cc1ccc(Cl)cc1)NCCC(CCO)c1ccccc1. The predicted molar refractivity (Wildman–Crippen MR) is 97.6 cm³/mol. The van der Waals surface area contributed by atoms with E-state index in [2.05, 4.69) is 4.72 Å². The van der Waals surface area contributed by atoms with Gasteiger partial charge in [-0.3, -0.25) is 0 Å². The summed E-state index contributed by atoms with van der Waals surface area (Å²) < 4.78 is 27.0. The molecular formula is C18H22ClNO3S. The Morgan fingerprint density at radius 3 is 2.29 bits per heavy atom. The quantitative estimate of drug-likeness (QED) is 0.714. The summed E-state index contributed by atoms with van der Waals surface area (Å²) >= 11 is 5.80. The normalized spacial score (nSPS) is 12.9. The van der Waals surface area contributed by atoms with E-state index in [1.54, 1.807) is 24.3 Å². The molecule has 1 unspecified atom stereocenters. The van der Waals surface area contributed by atoms with Crippen LogP contribution in [-0.4, -0.2) is 26.7 Å². The van der Waals surface area contributed by atoms with Crippen LogP contribution in [0.2, 0.25) is 5.02 Å². The van der Waals surface area contributed by atoms with Crippen LogP contribution in [0.15, 0.2) is 54.6 Å². The Hall–Kier alpha value is -1.40. The Bertz CT molecular complexity index is 718. The van der Waals surface area contributed by atoms with Crippen LogP contribution in [0.4, 0.5) is 0 Å². The third-order valence-corrected chi connectivity index (χ3v) is 5.44. The third kappa shape index (κ3) is 6.24. The summed E-state index contributed by atoms with van der Waals surface area (Å²) in [5, 5.41) is 9.81. The van der Waals surface area contributed by atoms with E-state index in [9.17, 15) is 13.5 Å². The first-order chi connectivity index (χ1) is 11.5. The van der Waals surface area contributed by atoms with E-state index in [-0.39, 0.29) is 18.3 Å². The summed E-state index contributed by atoms with van der Waals surface area (Å²) in [5.41, 5.74) is 1.81.